The Hall–Kier alpha value is -0.990. The molecule has 17 heavy (non-hydrogen) atoms. The Bertz CT molecular complexity index is 466. The summed E-state index contributed by atoms with van der Waals surface area (Å²) < 4.78 is 0. The molecule has 0 radical (unpaired) electrons. The van der Waals surface area contributed by atoms with Gasteiger partial charge in [-0.05, 0) is 43.4 Å². The quantitative estimate of drug-likeness (QED) is 0.806. The average Bonchev–Trinajstić information content (AvgIpc) is 2.79. The number of halogens is 2. The lowest BCUT2D eigenvalue weighted by molar-refractivity contribution is 0.725. The highest BCUT2D eigenvalue weighted by Gasteiger charge is 2.01. The van der Waals surface area contributed by atoms with E-state index in [1.807, 2.05) is 18.3 Å². The van der Waals surface area contributed by atoms with Crippen LogP contribution in [0.4, 0.5) is 0 Å². The second-order valence-electron chi connectivity index (χ2n) is 4.02. The molecule has 0 saturated heterocycles. The zero-order valence-corrected chi connectivity index (χ0v) is 10.9. The smallest absolute Gasteiger partial charge is 0.0921 e. The molecule has 0 fully saturated rings. The summed E-state index contributed by atoms with van der Waals surface area (Å²) in [6, 6.07) is 5.69. The summed E-state index contributed by atoms with van der Waals surface area (Å²) in [5, 5.41) is 1.45. The van der Waals surface area contributed by atoms with Gasteiger partial charge in [-0.1, -0.05) is 29.3 Å². The number of nitrogens with zero attached hydrogens (tertiary/aromatic N) is 1. The number of hydrogen-bond donors (Lipinski definition) is 1. The van der Waals surface area contributed by atoms with Crippen LogP contribution in [0.3, 0.4) is 0 Å². The normalized spacial score (nSPS) is 10.7. The van der Waals surface area contributed by atoms with Crippen LogP contribution in [0.2, 0.25) is 10.0 Å². The van der Waals surface area contributed by atoms with Crippen LogP contribution in [0.15, 0.2) is 30.7 Å². The molecule has 1 N–H and O–H groups in total. The van der Waals surface area contributed by atoms with Crippen LogP contribution in [0.1, 0.15) is 24.1 Å². The largest absolute Gasteiger partial charge is 0.348 e. The molecule has 0 aliphatic carbocycles. The maximum atomic E-state index is 6.11. The van der Waals surface area contributed by atoms with Gasteiger partial charge in [0.05, 0.1) is 6.33 Å². The minimum atomic E-state index is 0.691. The Morgan fingerprint density at radius 3 is 2.65 bits per heavy atom. The summed E-state index contributed by atoms with van der Waals surface area (Å²) in [7, 11) is 0. The number of hydrogen-bond acceptors (Lipinski definition) is 1. The van der Waals surface area contributed by atoms with Gasteiger partial charge in [0.15, 0.2) is 0 Å². The van der Waals surface area contributed by atoms with E-state index in [0.717, 1.165) is 30.7 Å². The van der Waals surface area contributed by atoms with Gasteiger partial charge in [-0.3, -0.25) is 0 Å². The second-order valence-corrected chi connectivity index (χ2v) is 4.86. The summed E-state index contributed by atoms with van der Waals surface area (Å²) in [6.45, 7) is 0. The van der Waals surface area contributed by atoms with Crippen molar-refractivity contribution in [3.8, 4) is 0 Å². The minimum Gasteiger partial charge on any atom is -0.348 e. The molecule has 1 aromatic carbocycles. The van der Waals surface area contributed by atoms with Gasteiger partial charge in [0.25, 0.3) is 0 Å². The van der Waals surface area contributed by atoms with Crippen molar-refractivity contribution in [2.24, 2.45) is 0 Å². The van der Waals surface area contributed by atoms with Crippen molar-refractivity contribution >= 4 is 23.2 Å². The lowest BCUT2D eigenvalue weighted by atomic mass is 10.1. The van der Waals surface area contributed by atoms with Gasteiger partial charge in [-0.25, -0.2) is 4.98 Å². The van der Waals surface area contributed by atoms with Gasteiger partial charge in [-0.2, -0.15) is 0 Å². The highest BCUT2D eigenvalue weighted by Crippen LogP contribution is 2.22. The molecule has 0 atom stereocenters. The summed E-state index contributed by atoms with van der Waals surface area (Å²) >= 11 is 12.0. The number of benzene rings is 1. The molecule has 0 aliphatic rings. The molecule has 0 aliphatic heterocycles. The third-order valence-electron chi connectivity index (χ3n) is 2.71. The highest BCUT2D eigenvalue weighted by molar-refractivity contribution is 6.35. The lowest BCUT2D eigenvalue weighted by Crippen LogP contribution is -1.90. The van der Waals surface area contributed by atoms with E-state index in [4.69, 9.17) is 23.2 Å². The van der Waals surface area contributed by atoms with Crippen LogP contribution in [0.25, 0.3) is 0 Å². The Morgan fingerprint density at radius 2 is 1.94 bits per heavy atom. The van der Waals surface area contributed by atoms with Crippen molar-refractivity contribution in [2.45, 2.75) is 25.7 Å². The predicted molar refractivity (Wildman–Crippen MR) is 71.7 cm³/mol. The molecule has 0 unspecified atom stereocenters. The molecule has 2 rings (SSSR count). The summed E-state index contributed by atoms with van der Waals surface area (Å²) in [6.07, 6.45) is 7.84. The van der Waals surface area contributed by atoms with Crippen LogP contribution in [-0.2, 0) is 12.8 Å². The van der Waals surface area contributed by atoms with E-state index in [1.165, 1.54) is 11.3 Å². The molecular formula is C13H14Cl2N2. The molecule has 1 aromatic heterocycles. The fourth-order valence-corrected chi connectivity index (χ4v) is 2.28. The van der Waals surface area contributed by atoms with Crippen LogP contribution in [0.5, 0.6) is 0 Å². The molecule has 0 saturated carbocycles. The van der Waals surface area contributed by atoms with E-state index < -0.39 is 0 Å². The zero-order valence-electron chi connectivity index (χ0n) is 9.42. The van der Waals surface area contributed by atoms with E-state index in [2.05, 4.69) is 9.97 Å². The van der Waals surface area contributed by atoms with Crippen LogP contribution < -0.4 is 0 Å². The van der Waals surface area contributed by atoms with Crippen LogP contribution in [-0.4, -0.2) is 9.97 Å². The first kappa shape index (κ1) is 12.5. The molecule has 0 bridgehead atoms. The van der Waals surface area contributed by atoms with E-state index in [0.29, 0.717) is 5.02 Å². The van der Waals surface area contributed by atoms with Crippen molar-refractivity contribution in [1.29, 1.82) is 0 Å². The molecular weight excluding hydrogens is 255 g/mol. The van der Waals surface area contributed by atoms with Crippen molar-refractivity contribution in [3.63, 3.8) is 0 Å². The highest BCUT2D eigenvalue weighted by atomic mass is 35.5. The standard InChI is InChI=1S/C13H14Cl2N2/c14-11-6-5-10(13(15)7-11)3-1-2-4-12-8-16-9-17-12/h5-9H,1-4H2,(H,16,17). The molecule has 4 heteroatoms. The number of aromatic amines is 1. The maximum absolute atomic E-state index is 6.11. The van der Waals surface area contributed by atoms with Gasteiger partial charge in [0, 0.05) is 21.9 Å². The number of imidazole rings is 1. The van der Waals surface area contributed by atoms with E-state index in [1.54, 1.807) is 12.4 Å². The monoisotopic (exact) mass is 268 g/mol. The summed E-state index contributed by atoms with van der Waals surface area (Å²) in [5.74, 6) is 0. The van der Waals surface area contributed by atoms with Crippen molar-refractivity contribution in [1.82, 2.24) is 9.97 Å². The molecule has 2 nitrogen and oxygen atoms in total. The maximum Gasteiger partial charge on any atom is 0.0921 e. The molecule has 0 spiro atoms. The Kier molecular flexibility index (Phi) is 4.46. The third-order valence-corrected chi connectivity index (χ3v) is 3.30. The van der Waals surface area contributed by atoms with Crippen LogP contribution in [0, 0.1) is 0 Å². The SMILES string of the molecule is Clc1ccc(CCCCc2cnc[nH]2)c(Cl)c1. The number of H-pyrrole nitrogens is 1. The van der Waals surface area contributed by atoms with Crippen molar-refractivity contribution in [2.75, 3.05) is 0 Å². The fourth-order valence-electron chi connectivity index (χ4n) is 1.78. The first-order valence-electron chi connectivity index (χ1n) is 5.67. The van der Waals surface area contributed by atoms with Gasteiger partial charge < -0.3 is 4.98 Å². The van der Waals surface area contributed by atoms with Crippen LogP contribution >= 0.6 is 23.2 Å². The number of aryl methyl sites for hydroxylation is 2. The molecule has 0 amide bonds. The molecule has 90 valence electrons. The van der Waals surface area contributed by atoms with Gasteiger partial charge in [0.1, 0.15) is 0 Å². The van der Waals surface area contributed by atoms with Crippen molar-refractivity contribution < 1.29 is 0 Å². The zero-order chi connectivity index (χ0) is 12.1. The summed E-state index contributed by atoms with van der Waals surface area (Å²) in [5.41, 5.74) is 2.35. The molecule has 1 heterocycles. The lowest BCUT2D eigenvalue weighted by Gasteiger charge is -2.04. The third kappa shape index (κ3) is 3.76. The van der Waals surface area contributed by atoms with E-state index in [-0.39, 0.29) is 0 Å². The molecule has 2 aromatic rings. The first-order valence-corrected chi connectivity index (χ1v) is 6.42. The van der Waals surface area contributed by atoms with E-state index in [9.17, 15) is 0 Å². The van der Waals surface area contributed by atoms with Crippen molar-refractivity contribution in [3.05, 3.63) is 52.0 Å². The average molecular weight is 269 g/mol. The number of aromatic nitrogens is 2. The Morgan fingerprint density at radius 1 is 1.12 bits per heavy atom. The second kappa shape index (κ2) is 6.08. The first-order chi connectivity index (χ1) is 8.25. The van der Waals surface area contributed by atoms with Gasteiger partial charge in [-0.15, -0.1) is 0 Å². The Labute approximate surface area is 111 Å². The number of rotatable bonds is 5. The predicted octanol–water partition coefficient (Wildman–Crippen LogP) is 4.28. The van der Waals surface area contributed by atoms with Gasteiger partial charge >= 0.3 is 0 Å². The number of unbranched alkanes of at least 4 members (excludes halogenated alkanes) is 1. The fraction of sp³-hybridized carbons (Fsp3) is 0.308. The number of nitrogens with one attached hydrogen (secondary N) is 1. The Balaban J connectivity index is 1.78. The summed E-state index contributed by atoms with van der Waals surface area (Å²) in [4.78, 5) is 7.09. The van der Waals surface area contributed by atoms with E-state index >= 15 is 0 Å². The minimum absolute atomic E-state index is 0.691. The topological polar surface area (TPSA) is 28.7 Å². The van der Waals surface area contributed by atoms with Gasteiger partial charge in [0.2, 0.25) is 0 Å².